The van der Waals surface area contributed by atoms with Crippen molar-refractivity contribution < 1.29 is 17.2 Å². The number of nitrogens with zero attached hydrogens (tertiary/aromatic N) is 2. The van der Waals surface area contributed by atoms with Crippen LogP contribution in [0.25, 0.3) is 0 Å². The third-order valence-corrected chi connectivity index (χ3v) is 6.90. The largest absolute Gasteiger partial charge is 0.296 e. The van der Waals surface area contributed by atoms with E-state index in [1.165, 1.54) is 40.7 Å². The molecular weight excluding hydrogens is 405 g/mol. The smallest absolute Gasteiger partial charge is 0.244 e. The standard InChI is InChI=1S/C17H16Cl2F2N2O2S/c18-12-4-5-14(19)17(10-12)26(24,25)23-8-6-22(7-9-23)11-13-15(20)2-1-3-16(13)21/h1-5,10H,6-9,11H2. The van der Waals surface area contributed by atoms with Gasteiger partial charge >= 0.3 is 0 Å². The molecule has 0 aliphatic carbocycles. The van der Waals surface area contributed by atoms with E-state index in [0.717, 1.165) is 0 Å². The Labute approximate surface area is 161 Å². The van der Waals surface area contributed by atoms with E-state index < -0.39 is 21.7 Å². The van der Waals surface area contributed by atoms with Gasteiger partial charge in [0.25, 0.3) is 0 Å². The number of hydrogen-bond acceptors (Lipinski definition) is 3. The Kier molecular flexibility index (Phi) is 5.84. The summed E-state index contributed by atoms with van der Waals surface area (Å²) in [5, 5.41) is 0.381. The molecule has 0 aromatic heterocycles. The SMILES string of the molecule is O=S(=O)(c1cc(Cl)ccc1Cl)N1CCN(Cc2c(F)cccc2F)CC1. The fourth-order valence-electron chi connectivity index (χ4n) is 2.85. The molecule has 140 valence electrons. The van der Waals surface area contributed by atoms with Gasteiger partial charge < -0.3 is 0 Å². The minimum atomic E-state index is -3.79. The number of benzene rings is 2. The van der Waals surface area contributed by atoms with E-state index in [0.29, 0.717) is 13.1 Å². The monoisotopic (exact) mass is 420 g/mol. The normalized spacial score (nSPS) is 16.8. The van der Waals surface area contributed by atoms with Gasteiger partial charge in [0, 0.05) is 43.3 Å². The number of halogens is 4. The quantitative estimate of drug-likeness (QED) is 0.755. The third-order valence-electron chi connectivity index (χ3n) is 4.29. The van der Waals surface area contributed by atoms with Crippen LogP contribution in [0.4, 0.5) is 8.78 Å². The molecule has 1 aliphatic heterocycles. The van der Waals surface area contributed by atoms with Crippen LogP contribution in [-0.2, 0) is 16.6 Å². The molecule has 0 amide bonds. The Morgan fingerprint density at radius 2 is 1.58 bits per heavy atom. The van der Waals surface area contributed by atoms with Crippen molar-refractivity contribution in [2.45, 2.75) is 11.4 Å². The van der Waals surface area contributed by atoms with Gasteiger partial charge in [-0.2, -0.15) is 4.31 Å². The number of piperazine rings is 1. The van der Waals surface area contributed by atoms with Gasteiger partial charge in [-0.1, -0.05) is 29.3 Å². The topological polar surface area (TPSA) is 40.6 Å². The highest BCUT2D eigenvalue weighted by atomic mass is 35.5. The molecule has 1 saturated heterocycles. The van der Waals surface area contributed by atoms with Crippen LogP contribution in [0.3, 0.4) is 0 Å². The van der Waals surface area contributed by atoms with E-state index in [4.69, 9.17) is 23.2 Å². The lowest BCUT2D eigenvalue weighted by Gasteiger charge is -2.34. The second-order valence-corrected chi connectivity index (χ2v) is 8.71. The summed E-state index contributed by atoms with van der Waals surface area (Å²) in [4.78, 5) is 1.77. The van der Waals surface area contributed by atoms with Crippen molar-refractivity contribution in [1.82, 2.24) is 9.21 Å². The molecule has 0 spiro atoms. The van der Waals surface area contributed by atoms with Crippen molar-refractivity contribution >= 4 is 33.2 Å². The van der Waals surface area contributed by atoms with E-state index in [1.807, 2.05) is 4.90 Å². The first-order valence-electron chi connectivity index (χ1n) is 7.89. The van der Waals surface area contributed by atoms with Gasteiger partial charge in [0.2, 0.25) is 10.0 Å². The second-order valence-electron chi connectivity index (χ2n) is 5.96. The second kappa shape index (κ2) is 7.78. The van der Waals surface area contributed by atoms with E-state index in [1.54, 1.807) is 0 Å². The zero-order valence-corrected chi connectivity index (χ0v) is 16.0. The van der Waals surface area contributed by atoms with E-state index in [-0.39, 0.29) is 40.1 Å². The molecule has 0 unspecified atom stereocenters. The average Bonchev–Trinajstić information content (AvgIpc) is 2.61. The fraction of sp³-hybridized carbons (Fsp3) is 0.294. The zero-order valence-electron chi connectivity index (χ0n) is 13.6. The van der Waals surface area contributed by atoms with Gasteiger partial charge in [-0.25, -0.2) is 17.2 Å². The highest BCUT2D eigenvalue weighted by Gasteiger charge is 2.30. The Balaban J connectivity index is 1.71. The molecule has 1 aliphatic rings. The maximum Gasteiger partial charge on any atom is 0.244 e. The Morgan fingerprint density at radius 3 is 2.19 bits per heavy atom. The summed E-state index contributed by atoms with van der Waals surface area (Å²) in [5.41, 5.74) is -0.0123. The molecule has 4 nitrogen and oxygen atoms in total. The average molecular weight is 421 g/mol. The minimum absolute atomic E-state index is 0.0123. The number of sulfonamides is 1. The van der Waals surface area contributed by atoms with Crippen LogP contribution in [-0.4, -0.2) is 43.8 Å². The molecule has 0 saturated carbocycles. The molecule has 0 radical (unpaired) electrons. The van der Waals surface area contributed by atoms with Gasteiger partial charge in [-0.05, 0) is 30.3 Å². The molecule has 0 N–H and O–H groups in total. The van der Waals surface area contributed by atoms with E-state index in [9.17, 15) is 17.2 Å². The maximum atomic E-state index is 13.8. The molecule has 26 heavy (non-hydrogen) atoms. The Bertz CT molecular complexity index is 897. The lowest BCUT2D eigenvalue weighted by atomic mass is 10.1. The first-order valence-corrected chi connectivity index (χ1v) is 10.1. The van der Waals surface area contributed by atoms with Crippen molar-refractivity contribution in [3.63, 3.8) is 0 Å². The predicted molar refractivity (Wildman–Crippen MR) is 96.9 cm³/mol. The Hall–Kier alpha value is -1.25. The van der Waals surface area contributed by atoms with Crippen molar-refractivity contribution in [2.24, 2.45) is 0 Å². The third kappa shape index (κ3) is 4.02. The van der Waals surface area contributed by atoms with Crippen LogP contribution < -0.4 is 0 Å². The van der Waals surface area contributed by atoms with Crippen LogP contribution in [0.5, 0.6) is 0 Å². The van der Waals surface area contributed by atoms with Crippen molar-refractivity contribution in [2.75, 3.05) is 26.2 Å². The van der Waals surface area contributed by atoms with Crippen molar-refractivity contribution in [3.8, 4) is 0 Å². The summed E-state index contributed by atoms with van der Waals surface area (Å²) in [6.45, 7) is 1.18. The summed E-state index contributed by atoms with van der Waals surface area (Å²) >= 11 is 11.9. The molecule has 9 heteroatoms. The first-order chi connectivity index (χ1) is 12.3. The van der Waals surface area contributed by atoms with Crippen LogP contribution >= 0.6 is 23.2 Å². The lowest BCUT2D eigenvalue weighted by molar-refractivity contribution is 0.178. The van der Waals surface area contributed by atoms with Gasteiger partial charge in [0.1, 0.15) is 16.5 Å². The van der Waals surface area contributed by atoms with Gasteiger partial charge in [0.05, 0.1) is 5.02 Å². The van der Waals surface area contributed by atoms with Crippen LogP contribution in [0.1, 0.15) is 5.56 Å². The predicted octanol–water partition coefficient (Wildman–Crippen LogP) is 3.78. The van der Waals surface area contributed by atoms with Gasteiger partial charge in [-0.15, -0.1) is 0 Å². The van der Waals surface area contributed by atoms with Crippen LogP contribution in [0.2, 0.25) is 10.0 Å². The molecule has 2 aromatic rings. The highest BCUT2D eigenvalue weighted by molar-refractivity contribution is 7.89. The lowest BCUT2D eigenvalue weighted by Crippen LogP contribution is -2.48. The molecule has 0 bridgehead atoms. The first kappa shape index (κ1) is 19.5. The van der Waals surface area contributed by atoms with Gasteiger partial charge in [-0.3, -0.25) is 4.90 Å². The molecule has 1 fully saturated rings. The summed E-state index contributed by atoms with van der Waals surface area (Å²) in [7, 11) is -3.79. The van der Waals surface area contributed by atoms with Crippen LogP contribution in [0, 0.1) is 11.6 Å². The molecule has 2 aromatic carbocycles. The van der Waals surface area contributed by atoms with Crippen molar-refractivity contribution in [3.05, 3.63) is 63.6 Å². The summed E-state index contributed by atoms with van der Waals surface area (Å²) in [6, 6.07) is 8.01. The van der Waals surface area contributed by atoms with Crippen LogP contribution in [0.15, 0.2) is 41.3 Å². The zero-order chi connectivity index (χ0) is 18.9. The molecule has 1 heterocycles. The van der Waals surface area contributed by atoms with Gasteiger partial charge in [0.15, 0.2) is 0 Å². The maximum absolute atomic E-state index is 13.8. The number of hydrogen-bond donors (Lipinski definition) is 0. The summed E-state index contributed by atoms with van der Waals surface area (Å²) in [5.74, 6) is -1.21. The molecule has 3 rings (SSSR count). The van der Waals surface area contributed by atoms with E-state index in [2.05, 4.69) is 0 Å². The van der Waals surface area contributed by atoms with E-state index >= 15 is 0 Å². The molecule has 0 atom stereocenters. The molecular formula is C17H16Cl2F2N2O2S. The number of rotatable bonds is 4. The minimum Gasteiger partial charge on any atom is -0.296 e. The summed E-state index contributed by atoms with van der Waals surface area (Å²) in [6.07, 6.45) is 0. The highest BCUT2D eigenvalue weighted by Crippen LogP contribution is 2.28. The fourth-order valence-corrected chi connectivity index (χ4v) is 5.01. The Morgan fingerprint density at radius 1 is 0.962 bits per heavy atom. The summed E-state index contributed by atoms with van der Waals surface area (Å²) < 4.78 is 54.4. The van der Waals surface area contributed by atoms with Crippen molar-refractivity contribution in [1.29, 1.82) is 0 Å².